The van der Waals surface area contributed by atoms with Crippen LogP contribution in [0.2, 0.25) is 0 Å². The van der Waals surface area contributed by atoms with E-state index in [-0.39, 0.29) is 75.1 Å². The normalized spacial score (nSPS) is 16.7. The molecule has 3 nitrogen and oxygen atoms in total. The van der Waals surface area contributed by atoms with E-state index in [1.54, 1.807) is 27.7 Å². The van der Waals surface area contributed by atoms with E-state index in [1.807, 2.05) is 0 Å². The second-order valence-electron chi connectivity index (χ2n) is 7.26. The zero-order valence-electron chi connectivity index (χ0n) is 22.0. The van der Waals surface area contributed by atoms with Crippen LogP contribution in [0.1, 0.15) is 37.3 Å². The molecule has 1 N–H and O–H groups in total. The predicted molar refractivity (Wildman–Crippen MR) is 108 cm³/mol. The highest BCUT2D eigenvalue weighted by atomic mass is 16.5. The molecule has 3 aromatic carbocycles. The van der Waals surface area contributed by atoms with Gasteiger partial charge in [0.15, 0.2) is 0 Å². The molecule has 0 atom stereocenters. The van der Waals surface area contributed by atoms with Crippen LogP contribution in [0.5, 0.6) is 0 Å². The molecule has 0 bridgehead atoms. The van der Waals surface area contributed by atoms with Crippen molar-refractivity contribution in [1.29, 1.82) is 0 Å². The average molecular weight is 352 g/mol. The SMILES string of the molecule is [2H]c1cc2c(c([2H])c1[2H])c([2H])c([2H])c1c2oc2cc([2H])c([2H])c([B]OC(C)(C)C(C)(C)O)c21. The zero-order chi connectivity index (χ0) is 24.6. The maximum atomic E-state index is 10.4. The maximum Gasteiger partial charge on any atom is 0.331 e. The van der Waals surface area contributed by atoms with E-state index < -0.39 is 11.2 Å². The summed E-state index contributed by atoms with van der Waals surface area (Å²) in [5.74, 6) is 0. The topological polar surface area (TPSA) is 42.6 Å². The van der Waals surface area contributed by atoms with E-state index in [2.05, 4.69) is 0 Å². The lowest BCUT2D eigenvalue weighted by molar-refractivity contribution is -0.0893. The monoisotopic (exact) mass is 352 g/mol. The molecule has 4 heteroatoms. The molecule has 0 spiro atoms. The first-order valence-corrected chi connectivity index (χ1v) is 8.27. The fourth-order valence-electron chi connectivity index (χ4n) is 2.56. The minimum atomic E-state index is -1.23. The van der Waals surface area contributed by atoms with Crippen molar-refractivity contribution in [3.8, 4) is 0 Å². The average Bonchev–Trinajstić information content (AvgIpc) is 3.08. The Kier molecular flexibility index (Phi) is 2.43. The minimum Gasteiger partial charge on any atom is -0.455 e. The summed E-state index contributed by atoms with van der Waals surface area (Å²) in [5.41, 5.74) is -1.78. The number of aliphatic hydroxyl groups is 1. The molecular weight excluding hydrogens is 323 g/mol. The van der Waals surface area contributed by atoms with Crippen LogP contribution in [-0.2, 0) is 4.65 Å². The molecule has 0 aliphatic carbocycles. The number of fused-ring (bicyclic) bond motifs is 5. The summed E-state index contributed by atoms with van der Waals surface area (Å²) >= 11 is 0. The first-order chi connectivity index (χ1) is 15.2. The fourth-order valence-corrected chi connectivity index (χ4v) is 2.56. The second kappa shape index (κ2) is 5.87. The van der Waals surface area contributed by atoms with Crippen molar-refractivity contribution in [2.45, 2.75) is 38.9 Å². The Bertz CT molecular complexity index is 1450. The van der Waals surface area contributed by atoms with Crippen molar-refractivity contribution < 1.29 is 23.8 Å². The van der Waals surface area contributed by atoms with Crippen LogP contribution in [0.25, 0.3) is 32.7 Å². The molecule has 0 unspecified atom stereocenters. The molecule has 26 heavy (non-hydrogen) atoms. The van der Waals surface area contributed by atoms with Gasteiger partial charge in [-0.05, 0) is 50.7 Å². The van der Waals surface area contributed by atoms with Gasteiger partial charge >= 0.3 is 7.48 Å². The second-order valence-corrected chi connectivity index (χ2v) is 7.26. The highest BCUT2D eigenvalue weighted by molar-refractivity contribution is 6.53. The summed E-state index contributed by atoms with van der Waals surface area (Å²) in [4.78, 5) is 0. The van der Waals surface area contributed by atoms with Gasteiger partial charge in [0.1, 0.15) is 11.2 Å². The van der Waals surface area contributed by atoms with Crippen molar-refractivity contribution >= 4 is 45.7 Å². The van der Waals surface area contributed by atoms with E-state index in [0.717, 1.165) is 0 Å². The third-order valence-electron chi connectivity index (χ3n) is 4.86. The van der Waals surface area contributed by atoms with Crippen LogP contribution in [0.3, 0.4) is 0 Å². The lowest BCUT2D eigenvalue weighted by atomic mass is 9.80. The van der Waals surface area contributed by atoms with E-state index in [9.17, 15) is 5.11 Å². The fraction of sp³-hybridized carbons (Fsp3) is 0.273. The molecule has 4 rings (SSSR count). The molecule has 0 amide bonds. The molecule has 1 heterocycles. The Hall–Kier alpha value is -2.30. The standard InChI is InChI=1S/C22H22BO3/c1-21(2,24)22(3,4)26-23-17-10-7-11-18-19(17)16-13-12-14-8-5-6-9-15(14)20(16)25-18/h5-13,24H,1-4H3/i5D,6D,7D,8D,10D,12D,13D. The molecule has 0 fully saturated rings. The Morgan fingerprint density at radius 2 is 1.81 bits per heavy atom. The summed E-state index contributed by atoms with van der Waals surface area (Å²) in [6.07, 6.45) is 0. The van der Waals surface area contributed by atoms with Crippen molar-refractivity contribution in [2.24, 2.45) is 0 Å². The van der Waals surface area contributed by atoms with Crippen LogP contribution in [0.15, 0.2) is 58.8 Å². The number of furan rings is 1. The first kappa shape index (κ1) is 10.8. The summed E-state index contributed by atoms with van der Waals surface area (Å²) in [6, 6.07) is 0.926. The van der Waals surface area contributed by atoms with Crippen molar-refractivity contribution in [2.75, 3.05) is 0 Å². The lowest BCUT2D eigenvalue weighted by Crippen LogP contribution is -2.49. The Morgan fingerprint density at radius 1 is 1.00 bits per heavy atom. The van der Waals surface area contributed by atoms with Crippen LogP contribution in [0.4, 0.5) is 0 Å². The Morgan fingerprint density at radius 3 is 2.58 bits per heavy atom. The highest BCUT2D eigenvalue weighted by Gasteiger charge is 2.36. The lowest BCUT2D eigenvalue weighted by Gasteiger charge is -2.37. The Labute approximate surface area is 163 Å². The zero-order valence-corrected chi connectivity index (χ0v) is 15.0. The third-order valence-corrected chi connectivity index (χ3v) is 4.86. The minimum absolute atomic E-state index is 0.0368. The van der Waals surface area contributed by atoms with Gasteiger partial charge in [0.2, 0.25) is 0 Å². The number of rotatable bonds is 4. The summed E-state index contributed by atoms with van der Waals surface area (Å²) in [7, 11) is 1.27. The molecule has 0 aliphatic heterocycles. The van der Waals surface area contributed by atoms with Gasteiger partial charge in [-0.25, -0.2) is 0 Å². The number of hydrogen-bond donors (Lipinski definition) is 1. The van der Waals surface area contributed by atoms with E-state index in [0.29, 0.717) is 5.39 Å². The van der Waals surface area contributed by atoms with Crippen LogP contribution in [0, 0.1) is 0 Å². The van der Waals surface area contributed by atoms with E-state index in [4.69, 9.17) is 18.7 Å². The van der Waals surface area contributed by atoms with E-state index in [1.165, 1.54) is 19.6 Å². The van der Waals surface area contributed by atoms with E-state index >= 15 is 0 Å². The van der Waals surface area contributed by atoms with Gasteiger partial charge in [0, 0.05) is 16.2 Å². The molecule has 1 aromatic heterocycles. The third kappa shape index (κ3) is 2.70. The quantitative estimate of drug-likeness (QED) is 0.548. The molecule has 1 radical (unpaired) electrons. The summed E-state index contributed by atoms with van der Waals surface area (Å²) < 4.78 is 69.7. The molecular formula is C22H22BO3. The molecule has 0 aliphatic rings. The van der Waals surface area contributed by atoms with Crippen molar-refractivity contribution in [1.82, 2.24) is 0 Å². The molecule has 0 saturated carbocycles. The van der Waals surface area contributed by atoms with Gasteiger partial charge < -0.3 is 14.2 Å². The first-order valence-electron chi connectivity index (χ1n) is 11.8. The van der Waals surface area contributed by atoms with Gasteiger partial charge in [-0.1, -0.05) is 42.3 Å². The highest BCUT2D eigenvalue weighted by Crippen LogP contribution is 2.33. The van der Waals surface area contributed by atoms with Gasteiger partial charge in [-0.15, -0.1) is 0 Å². The number of hydrogen-bond acceptors (Lipinski definition) is 3. The predicted octanol–water partition coefficient (Wildman–Crippen LogP) is 4.55. The van der Waals surface area contributed by atoms with Crippen molar-refractivity contribution in [3.05, 3.63) is 54.4 Å². The van der Waals surface area contributed by atoms with Gasteiger partial charge in [-0.2, -0.15) is 0 Å². The van der Waals surface area contributed by atoms with Gasteiger partial charge in [0.25, 0.3) is 0 Å². The Balaban J connectivity index is 2.10. The van der Waals surface area contributed by atoms with Gasteiger partial charge in [-0.3, -0.25) is 0 Å². The van der Waals surface area contributed by atoms with Crippen LogP contribution < -0.4 is 5.46 Å². The summed E-state index contributed by atoms with van der Waals surface area (Å²) in [6.45, 7) is 6.53. The smallest absolute Gasteiger partial charge is 0.331 e. The van der Waals surface area contributed by atoms with Gasteiger partial charge in [0.05, 0.1) is 20.8 Å². The molecule has 0 saturated heterocycles. The van der Waals surface area contributed by atoms with Crippen molar-refractivity contribution in [3.63, 3.8) is 0 Å². The largest absolute Gasteiger partial charge is 0.455 e. The molecule has 131 valence electrons. The number of benzene rings is 3. The van der Waals surface area contributed by atoms with Crippen LogP contribution in [-0.4, -0.2) is 23.8 Å². The maximum absolute atomic E-state index is 10.4. The summed E-state index contributed by atoms with van der Waals surface area (Å²) in [5, 5.41) is 11.2. The van der Waals surface area contributed by atoms with Crippen LogP contribution >= 0.6 is 0 Å². The molecule has 4 aromatic rings.